The number of guanidine groups is 1. The molecule has 2 aromatic heterocycles. The minimum absolute atomic E-state index is 0.0794. The van der Waals surface area contributed by atoms with E-state index in [2.05, 4.69) is 41.8 Å². The van der Waals surface area contributed by atoms with Gasteiger partial charge in [0.25, 0.3) is 0 Å². The van der Waals surface area contributed by atoms with Crippen LogP contribution in [-0.2, 0) is 17.4 Å². The van der Waals surface area contributed by atoms with Crippen molar-refractivity contribution in [1.29, 1.82) is 0 Å². The highest BCUT2D eigenvalue weighted by atomic mass is 32.1. The topological polar surface area (TPSA) is 82.7 Å². The van der Waals surface area contributed by atoms with Gasteiger partial charge in [0.1, 0.15) is 11.4 Å². The number of hydrogen-bond acceptors (Lipinski definition) is 5. The molecule has 7 heteroatoms. The number of hydrogen-bond donors (Lipinski definition) is 3. The summed E-state index contributed by atoms with van der Waals surface area (Å²) in [6.07, 6.45) is 2.39. The lowest BCUT2D eigenvalue weighted by Crippen LogP contribution is -2.39. The highest BCUT2D eigenvalue weighted by molar-refractivity contribution is 7.09. The number of furan rings is 1. The van der Waals surface area contributed by atoms with E-state index in [0.29, 0.717) is 11.7 Å². The third kappa shape index (κ3) is 5.85. The number of thiazole rings is 1. The molecule has 0 aliphatic rings. The smallest absolute Gasteiger partial charge is 0.191 e. The van der Waals surface area contributed by atoms with Gasteiger partial charge in [-0.1, -0.05) is 20.8 Å². The molecule has 144 valence electrons. The summed E-state index contributed by atoms with van der Waals surface area (Å²) in [5.74, 6) is 1.18. The third-order valence-corrected chi connectivity index (χ3v) is 4.80. The summed E-state index contributed by atoms with van der Waals surface area (Å²) in [6, 6.07) is 3.52. The van der Waals surface area contributed by atoms with Crippen LogP contribution in [0, 0.1) is 0 Å². The van der Waals surface area contributed by atoms with E-state index in [0.717, 1.165) is 30.2 Å². The summed E-state index contributed by atoms with van der Waals surface area (Å²) in [5, 5.41) is 20.3. The van der Waals surface area contributed by atoms with E-state index in [4.69, 9.17) is 9.40 Å². The highest BCUT2D eigenvalue weighted by Gasteiger charge is 2.26. The molecule has 3 N–H and O–H groups in total. The standard InChI is InChI=1S/C19H30N4O2S/c1-6-20-17(22-13-19(5,24)15-8-7-11-25-15)21-10-9-16-23-14(12-26-16)18(2,3)4/h7-8,11-12,24H,6,9-10,13H2,1-5H3,(H2,20,21,22). The Morgan fingerprint density at radius 3 is 2.65 bits per heavy atom. The van der Waals surface area contributed by atoms with E-state index in [-0.39, 0.29) is 12.0 Å². The Labute approximate surface area is 159 Å². The predicted octanol–water partition coefficient (Wildman–Crippen LogP) is 3.04. The van der Waals surface area contributed by atoms with Crippen molar-refractivity contribution in [3.8, 4) is 0 Å². The Morgan fingerprint density at radius 2 is 2.08 bits per heavy atom. The predicted molar refractivity (Wildman–Crippen MR) is 107 cm³/mol. The molecule has 0 aliphatic heterocycles. The number of aliphatic imine (C=N–C) groups is 1. The van der Waals surface area contributed by atoms with Crippen molar-refractivity contribution < 1.29 is 9.52 Å². The molecule has 0 radical (unpaired) electrons. The molecule has 2 heterocycles. The Kier molecular flexibility index (Phi) is 6.83. The first-order valence-electron chi connectivity index (χ1n) is 8.96. The van der Waals surface area contributed by atoms with Crippen molar-refractivity contribution in [3.63, 3.8) is 0 Å². The average Bonchev–Trinajstić information content (AvgIpc) is 3.24. The molecule has 1 atom stereocenters. The van der Waals surface area contributed by atoms with Gasteiger partial charge in [-0.3, -0.25) is 0 Å². The van der Waals surface area contributed by atoms with Crippen molar-refractivity contribution in [1.82, 2.24) is 15.6 Å². The minimum atomic E-state index is -1.14. The normalized spacial score (nSPS) is 14.9. The zero-order valence-electron chi connectivity index (χ0n) is 16.3. The van der Waals surface area contributed by atoms with E-state index < -0.39 is 5.60 Å². The van der Waals surface area contributed by atoms with E-state index in [1.165, 1.54) is 0 Å². The second-order valence-corrected chi connectivity index (χ2v) is 8.44. The highest BCUT2D eigenvalue weighted by Crippen LogP contribution is 2.24. The SMILES string of the molecule is CCNC(=NCC(C)(O)c1ccco1)NCCc1nc(C(C)(C)C)cs1. The monoisotopic (exact) mass is 378 g/mol. The van der Waals surface area contributed by atoms with Gasteiger partial charge in [0.15, 0.2) is 5.96 Å². The number of nitrogens with one attached hydrogen (secondary N) is 2. The van der Waals surface area contributed by atoms with E-state index >= 15 is 0 Å². The molecule has 0 spiro atoms. The lowest BCUT2D eigenvalue weighted by Gasteiger charge is -2.19. The average molecular weight is 379 g/mol. The number of rotatable bonds is 7. The summed E-state index contributed by atoms with van der Waals surface area (Å²) in [4.78, 5) is 9.19. The minimum Gasteiger partial charge on any atom is -0.466 e. The molecular formula is C19H30N4O2S. The summed E-state index contributed by atoms with van der Waals surface area (Å²) in [5.41, 5.74) is 0.0752. The molecule has 0 saturated heterocycles. The second-order valence-electron chi connectivity index (χ2n) is 7.50. The van der Waals surface area contributed by atoms with Crippen LogP contribution in [0.25, 0.3) is 0 Å². The zero-order chi connectivity index (χ0) is 19.2. The number of nitrogens with zero attached hydrogens (tertiary/aromatic N) is 2. The van der Waals surface area contributed by atoms with Crippen LogP contribution in [0.15, 0.2) is 33.2 Å². The molecule has 2 aromatic rings. The summed E-state index contributed by atoms with van der Waals surface area (Å²) < 4.78 is 5.29. The van der Waals surface area contributed by atoms with Crippen molar-refractivity contribution in [2.75, 3.05) is 19.6 Å². The second kappa shape index (κ2) is 8.68. The molecule has 1 unspecified atom stereocenters. The Hall–Kier alpha value is -1.86. The van der Waals surface area contributed by atoms with Gasteiger partial charge in [-0.2, -0.15) is 0 Å². The van der Waals surface area contributed by atoms with Crippen LogP contribution < -0.4 is 10.6 Å². The fourth-order valence-corrected chi connectivity index (χ4v) is 3.32. The summed E-state index contributed by atoms with van der Waals surface area (Å²) >= 11 is 1.69. The first-order chi connectivity index (χ1) is 12.2. The lowest BCUT2D eigenvalue weighted by molar-refractivity contribution is 0.0437. The fourth-order valence-electron chi connectivity index (χ4n) is 2.30. The van der Waals surface area contributed by atoms with Gasteiger partial charge in [-0.25, -0.2) is 9.98 Å². The molecule has 0 amide bonds. The first-order valence-corrected chi connectivity index (χ1v) is 9.84. The van der Waals surface area contributed by atoms with Gasteiger partial charge < -0.3 is 20.2 Å². The number of aliphatic hydroxyl groups is 1. The van der Waals surface area contributed by atoms with Crippen LogP contribution in [0.2, 0.25) is 0 Å². The maximum absolute atomic E-state index is 10.5. The van der Waals surface area contributed by atoms with Gasteiger partial charge in [0.2, 0.25) is 0 Å². The molecule has 0 saturated carbocycles. The lowest BCUT2D eigenvalue weighted by atomic mass is 9.93. The van der Waals surface area contributed by atoms with Crippen LogP contribution in [0.4, 0.5) is 0 Å². The maximum atomic E-state index is 10.5. The van der Waals surface area contributed by atoms with Crippen molar-refractivity contribution in [2.45, 2.75) is 52.1 Å². The molecule has 26 heavy (non-hydrogen) atoms. The number of aromatic nitrogens is 1. The van der Waals surface area contributed by atoms with E-state index in [9.17, 15) is 5.11 Å². The summed E-state index contributed by atoms with van der Waals surface area (Å²) in [6.45, 7) is 11.9. The van der Waals surface area contributed by atoms with Gasteiger partial charge in [-0.15, -0.1) is 11.3 Å². The quantitative estimate of drug-likeness (QED) is 0.509. The van der Waals surface area contributed by atoms with Crippen LogP contribution in [-0.4, -0.2) is 35.7 Å². The van der Waals surface area contributed by atoms with Gasteiger partial charge in [0.05, 0.1) is 23.5 Å². The molecule has 0 aromatic carbocycles. The Morgan fingerprint density at radius 1 is 1.31 bits per heavy atom. The molecule has 0 fully saturated rings. The van der Waals surface area contributed by atoms with Crippen molar-refractivity contribution in [3.05, 3.63) is 40.2 Å². The van der Waals surface area contributed by atoms with Crippen LogP contribution in [0.1, 0.15) is 51.1 Å². The Balaban J connectivity index is 1.90. The molecular weight excluding hydrogens is 348 g/mol. The molecule has 0 bridgehead atoms. The van der Waals surface area contributed by atoms with E-state index in [1.807, 2.05) is 6.92 Å². The maximum Gasteiger partial charge on any atom is 0.191 e. The summed E-state index contributed by atoms with van der Waals surface area (Å²) in [7, 11) is 0. The van der Waals surface area contributed by atoms with Gasteiger partial charge in [0, 0.05) is 30.3 Å². The first kappa shape index (κ1) is 20.5. The molecule has 2 rings (SSSR count). The van der Waals surface area contributed by atoms with Crippen LogP contribution >= 0.6 is 11.3 Å². The van der Waals surface area contributed by atoms with E-state index in [1.54, 1.807) is 36.7 Å². The van der Waals surface area contributed by atoms with Gasteiger partial charge >= 0.3 is 0 Å². The van der Waals surface area contributed by atoms with Crippen molar-refractivity contribution in [2.24, 2.45) is 4.99 Å². The van der Waals surface area contributed by atoms with Gasteiger partial charge in [-0.05, 0) is 26.0 Å². The third-order valence-electron chi connectivity index (χ3n) is 3.89. The van der Waals surface area contributed by atoms with Crippen LogP contribution in [0.3, 0.4) is 0 Å². The molecule has 6 nitrogen and oxygen atoms in total. The van der Waals surface area contributed by atoms with Crippen LogP contribution in [0.5, 0.6) is 0 Å². The van der Waals surface area contributed by atoms with Crippen molar-refractivity contribution >= 4 is 17.3 Å². The fraction of sp³-hybridized carbons (Fsp3) is 0.579. The Bertz CT molecular complexity index is 699. The molecule has 0 aliphatic carbocycles. The largest absolute Gasteiger partial charge is 0.466 e. The zero-order valence-corrected chi connectivity index (χ0v) is 17.1.